The van der Waals surface area contributed by atoms with Crippen molar-refractivity contribution < 1.29 is 14.5 Å². The SMILES string of the molecule is COc1ccc(Cl)c2sc(N(CCCN(C)C)C(=O)c3cc([N+](=O)[O-])ccc3Cl)nc12. The minimum atomic E-state index is -0.564. The number of nitro groups is 1. The third-order valence-electron chi connectivity index (χ3n) is 4.52. The molecule has 0 fully saturated rings. The number of carbonyl (C=O) groups is 1. The Labute approximate surface area is 193 Å². The highest BCUT2D eigenvalue weighted by atomic mass is 35.5. The van der Waals surface area contributed by atoms with Gasteiger partial charge in [-0.15, -0.1) is 0 Å². The van der Waals surface area contributed by atoms with E-state index in [-0.39, 0.29) is 16.3 Å². The topological polar surface area (TPSA) is 88.8 Å². The van der Waals surface area contributed by atoms with Crippen LogP contribution in [0.4, 0.5) is 10.8 Å². The fraction of sp³-hybridized carbons (Fsp3) is 0.300. The number of non-ortho nitro benzene ring substituents is 1. The van der Waals surface area contributed by atoms with Crippen LogP contribution in [0.3, 0.4) is 0 Å². The van der Waals surface area contributed by atoms with Crippen LogP contribution in [-0.2, 0) is 0 Å². The number of benzene rings is 2. The molecule has 1 aromatic heterocycles. The number of anilines is 1. The van der Waals surface area contributed by atoms with Crippen molar-refractivity contribution in [3.8, 4) is 5.75 Å². The number of methoxy groups -OCH3 is 1. The molecule has 0 aliphatic carbocycles. The predicted molar refractivity (Wildman–Crippen MR) is 124 cm³/mol. The maximum atomic E-state index is 13.4. The van der Waals surface area contributed by atoms with Gasteiger partial charge >= 0.3 is 0 Å². The van der Waals surface area contributed by atoms with Gasteiger partial charge in [-0.3, -0.25) is 19.8 Å². The average Bonchev–Trinajstić information content (AvgIpc) is 3.17. The lowest BCUT2D eigenvalue weighted by Gasteiger charge is -2.21. The van der Waals surface area contributed by atoms with Gasteiger partial charge in [0.25, 0.3) is 11.6 Å². The normalized spacial score (nSPS) is 11.2. The van der Waals surface area contributed by atoms with Gasteiger partial charge in [-0.2, -0.15) is 0 Å². The second kappa shape index (κ2) is 9.78. The van der Waals surface area contributed by atoms with Crippen molar-refractivity contribution >= 4 is 61.5 Å². The number of halogens is 2. The summed E-state index contributed by atoms with van der Waals surface area (Å²) >= 11 is 13.8. The Morgan fingerprint density at radius 3 is 2.55 bits per heavy atom. The van der Waals surface area contributed by atoms with E-state index in [0.717, 1.165) is 6.54 Å². The van der Waals surface area contributed by atoms with Gasteiger partial charge in [-0.1, -0.05) is 34.5 Å². The highest BCUT2D eigenvalue weighted by Crippen LogP contribution is 2.39. The minimum Gasteiger partial charge on any atom is -0.494 e. The second-order valence-corrected chi connectivity index (χ2v) is 8.75. The van der Waals surface area contributed by atoms with E-state index in [1.165, 1.54) is 41.5 Å². The van der Waals surface area contributed by atoms with Crippen molar-refractivity contribution in [2.45, 2.75) is 6.42 Å². The van der Waals surface area contributed by atoms with Gasteiger partial charge < -0.3 is 9.64 Å². The van der Waals surface area contributed by atoms with Crippen LogP contribution in [0.25, 0.3) is 10.2 Å². The molecule has 0 aliphatic rings. The Hall–Kier alpha value is -2.46. The Morgan fingerprint density at radius 2 is 1.90 bits per heavy atom. The molecule has 3 aromatic rings. The molecule has 0 saturated heterocycles. The molecule has 0 unspecified atom stereocenters. The van der Waals surface area contributed by atoms with E-state index < -0.39 is 10.8 Å². The molecule has 0 radical (unpaired) electrons. The van der Waals surface area contributed by atoms with E-state index in [1.807, 2.05) is 19.0 Å². The van der Waals surface area contributed by atoms with Crippen molar-refractivity contribution in [2.24, 2.45) is 0 Å². The molecule has 1 amide bonds. The number of aromatic nitrogens is 1. The third kappa shape index (κ3) is 5.07. The number of nitro benzene ring substituents is 1. The monoisotopic (exact) mass is 482 g/mol. The highest BCUT2D eigenvalue weighted by molar-refractivity contribution is 7.23. The van der Waals surface area contributed by atoms with Crippen LogP contribution in [0.1, 0.15) is 16.8 Å². The lowest BCUT2D eigenvalue weighted by Crippen LogP contribution is -2.33. The number of hydrogen-bond acceptors (Lipinski definition) is 7. The molecule has 11 heteroatoms. The predicted octanol–water partition coefficient (Wildman–Crippen LogP) is 5.12. The summed E-state index contributed by atoms with van der Waals surface area (Å²) in [7, 11) is 5.41. The van der Waals surface area contributed by atoms with Gasteiger partial charge in [0.2, 0.25) is 0 Å². The number of hydrogen-bond donors (Lipinski definition) is 0. The van der Waals surface area contributed by atoms with E-state index in [0.29, 0.717) is 39.1 Å². The number of fused-ring (bicyclic) bond motifs is 1. The fourth-order valence-corrected chi connectivity index (χ4v) is 4.47. The van der Waals surface area contributed by atoms with Gasteiger partial charge in [0.1, 0.15) is 11.3 Å². The average molecular weight is 483 g/mol. The summed E-state index contributed by atoms with van der Waals surface area (Å²) < 4.78 is 6.06. The Morgan fingerprint density at radius 1 is 1.19 bits per heavy atom. The van der Waals surface area contributed by atoms with Crippen molar-refractivity contribution in [2.75, 3.05) is 39.2 Å². The van der Waals surface area contributed by atoms with Gasteiger partial charge in [-0.05, 0) is 45.3 Å². The Balaban J connectivity index is 2.08. The third-order valence-corrected chi connectivity index (χ3v) is 6.39. The maximum Gasteiger partial charge on any atom is 0.270 e. The van der Waals surface area contributed by atoms with Crippen LogP contribution in [-0.4, -0.2) is 55.0 Å². The Kier molecular flexibility index (Phi) is 7.32. The zero-order valence-corrected chi connectivity index (χ0v) is 19.4. The lowest BCUT2D eigenvalue weighted by atomic mass is 10.1. The van der Waals surface area contributed by atoms with Crippen LogP contribution in [0, 0.1) is 10.1 Å². The summed E-state index contributed by atoms with van der Waals surface area (Å²) in [6.07, 6.45) is 0.659. The molecule has 0 aliphatic heterocycles. The number of thiazole rings is 1. The highest BCUT2D eigenvalue weighted by Gasteiger charge is 2.26. The van der Waals surface area contributed by atoms with Crippen LogP contribution in [0.5, 0.6) is 5.75 Å². The molecular formula is C20H20Cl2N4O4S. The molecule has 1 heterocycles. The first-order valence-corrected chi connectivity index (χ1v) is 10.8. The van der Waals surface area contributed by atoms with E-state index in [1.54, 1.807) is 12.1 Å². The molecule has 0 atom stereocenters. The van der Waals surface area contributed by atoms with Crippen molar-refractivity contribution in [1.29, 1.82) is 0 Å². The zero-order chi connectivity index (χ0) is 22.7. The van der Waals surface area contributed by atoms with Gasteiger partial charge in [0.15, 0.2) is 5.13 Å². The molecule has 3 rings (SSSR count). The summed E-state index contributed by atoms with van der Waals surface area (Å²) in [5.74, 6) is 0.0672. The van der Waals surface area contributed by atoms with Crippen LogP contribution < -0.4 is 9.64 Å². The van der Waals surface area contributed by atoms with Crippen molar-refractivity contribution in [3.05, 3.63) is 56.1 Å². The van der Waals surface area contributed by atoms with Gasteiger partial charge in [-0.25, -0.2) is 4.98 Å². The van der Waals surface area contributed by atoms with Crippen molar-refractivity contribution in [1.82, 2.24) is 9.88 Å². The molecule has 8 nitrogen and oxygen atoms in total. The van der Waals surface area contributed by atoms with Crippen LogP contribution >= 0.6 is 34.5 Å². The number of rotatable bonds is 8. The first-order chi connectivity index (χ1) is 14.7. The molecule has 0 saturated carbocycles. The first kappa shape index (κ1) is 23.2. The van der Waals surface area contributed by atoms with E-state index in [2.05, 4.69) is 4.98 Å². The summed E-state index contributed by atoms with van der Waals surface area (Å²) in [6.45, 7) is 1.08. The lowest BCUT2D eigenvalue weighted by molar-refractivity contribution is -0.384. The number of nitrogens with zero attached hydrogens (tertiary/aromatic N) is 4. The molecule has 0 spiro atoms. The summed E-state index contributed by atoms with van der Waals surface area (Å²) in [5.41, 5.74) is 0.374. The molecule has 31 heavy (non-hydrogen) atoms. The fourth-order valence-electron chi connectivity index (χ4n) is 2.99. The minimum absolute atomic E-state index is 0.0398. The second-order valence-electron chi connectivity index (χ2n) is 6.96. The molecule has 164 valence electrons. The summed E-state index contributed by atoms with van der Waals surface area (Å²) in [5, 5.41) is 12.2. The van der Waals surface area contributed by atoms with Crippen LogP contribution in [0.15, 0.2) is 30.3 Å². The van der Waals surface area contributed by atoms with E-state index in [4.69, 9.17) is 27.9 Å². The molecular weight excluding hydrogens is 463 g/mol. The van der Waals surface area contributed by atoms with Crippen molar-refractivity contribution in [3.63, 3.8) is 0 Å². The largest absolute Gasteiger partial charge is 0.494 e. The number of ether oxygens (including phenoxy) is 1. The number of amides is 1. The van der Waals surface area contributed by atoms with Crippen LogP contribution in [0.2, 0.25) is 10.0 Å². The standard InChI is InChI=1S/C20H20Cl2N4O4S/c1-24(2)9-4-10-25(19(27)13-11-12(26(28)29)5-6-14(13)21)20-23-17-16(30-3)8-7-15(22)18(17)31-20/h5-8,11H,4,9-10H2,1-3H3. The maximum absolute atomic E-state index is 13.4. The van der Waals surface area contributed by atoms with Gasteiger partial charge in [0, 0.05) is 18.7 Å². The quantitative estimate of drug-likeness (QED) is 0.327. The van der Waals surface area contributed by atoms with E-state index in [9.17, 15) is 14.9 Å². The molecule has 0 N–H and O–H groups in total. The smallest absolute Gasteiger partial charge is 0.270 e. The zero-order valence-electron chi connectivity index (χ0n) is 17.1. The summed E-state index contributed by atoms with van der Waals surface area (Å²) in [6, 6.07) is 7.22. The number of carbonyl (C=O) groups excluding carboxylic acids is 1. The van der Waals surface area contributed by atoms with E-state index >= 15 is 0 Å². The Bertz CT molecular complexity index is 1140. The molecule has 2 aromatic carbocycles. The van der Waals surface area contributed by atoms with Gasteiger partial charge in [0.05, 0.1) is 32.3 Å². The summed E-state index contributed by atoms with van der Waals surface area (Å²) in [4.78, 5) is 32.2. The first-order valence-electron chi connectivity index (χ1n) is 9.26. The molecule has 0 bridgehead atoms.